The van der Waals surface area contributed by atoms with E-state index in [-0.39, 0.29) is 23.1 Å². The second-order valence-corrected chi connectivity index (χ2v) is 6.51. The zero-order valence-corrected chi connectivity index (χ0v) is 14.4. The molecule has 24 heavy (non-hydrogen) atoms. The fraction of sp³-hybridized carbons (Fsp3) is 0.190. The molecule has 0 fully saturated rings. The average molecular weight is 341 g/mol. The van der Waals surface area contributed by atoms with Crippen molar-refractivity contribution in [3.05, 3.63) is 82.1 Å². The summed E-state index contributed by atoms with van der Waals surface area (Å²) in [7, 11) is 0. The van der Waals surface area contributed by atoms with Crippen molar-refractivity contribution < 1.29 is 9.18 Å². The summed E-state index contributed by atoms with van der Waals surface area (Å²) in [6.07, 6.45) is 0.246. The third-order valence-corrected chi connectivity index (χ3v) is 4.76. The van der Waals surface area contributed by atoms with E-state index in [9.17, 15) is 9.18 Å². The van der Waals surface area contributed by atoms with Crippen molar-refractivity contribution in [1.29, 1.82) is 0 Å². The predicted molar refractivity (Wildman–Crippen MR) is 97.2 cm³/mol. The Morgan fingerprint density at radius 2 is 1.79 bits per heavy atom. The van der Waals surface area contributed by atoms with Gasteiger partial charge in [-0.2, -0.15) is 0 Å². The van der Waals surface area contributed by atoms with Crippen LogP contribution >= 0.6 is 11.6 Å². The molecule has 0 N–H and O–H groups in total. The number of rotatable bonds is 4. The van der Waals surface area contributed by atoms with Gasteiger partial charge in [-0.1, -0.05) is 60.1 Å². The van der Waals surface area contributed by atoms with Crippen molar-refractivity contribution in [2.75, 3.05) is 0 Å². The van der Waals surface area contributed by atoms with Crippen molar-refractivity contribution in [1.82, 2.24) is 0 Å². The largest absolute Gasteiger partial charge is 0.300 e. The highest BCUT2D eigenvalue weighted by Crippen LogP contribution is 2.36. The van der Waals surface area contributed by atoms with Crippen molar-refractivity contribution in [3.8, 4) is 0 Å². The molecule has 3 rings (SSSR count). The number of benzene rings is 3. The van der Waals surface area contributed by atoms with Gasteiger partial charge in [0.1, 0.15) is 11.6 Å². The number of carbonyl (C=O) groups excluding carboxylic acids is 1. The number of halogens is 2. The molecule has 3 aromatic rings. The van der Waals surface area contributed by atoms with E-state index in [2.05, 4.69) is 0 Å². The van der Waals surface area contributed by atoms with Gasteiger partial charge in [-0.25, -0.2) is 4.39 Å². The Hall–Kier alpha value is -2.19. The van der Waals surface area contributed by atoms with E-state index in [1.165, 1.54) is 13.0 Å². The molecule has 0 aliphatic rings. The molecule has 0 aromatic heterocycles. The smallest absolute Gasteiger partial charge is 0.145 e. The fourth-order valence-electron chi connectivity index (χ4n) is 3.29. The first-order chi connectivity index (χ1) is 11.5. The van der Waals surface area contributed by atoms with Gasteiger partial charge in [0.25, 0.3) is 0 Å². The monoisotopic (exact) mass is 340 g/mol. The highest BCUT2D eigenvalue weighted by Gasteiger charge is 2.23. The third kappa shape index (κ3) is 3.07. The molecule has 0 saturated heterocycles. The maximum absolute atomic E-state index is 14.6. The summed E-state index contributed by atoms with van der Waals surface area (Å²) in [5.41, 5.74) is 2.50. The number of ketones is 1. The zero-order chi connectivity index (χ0) is 17.3. The van der Waals surface area contributed by atoms with Crippen LogP contribution in [0, 0.1) is 12.7 Å². The van der Waals surface area contributed by atoms with Crippen molar-refractivity contribution in [3.63, 3.8) is 0 Å². The summed E-state index contributed by atoms with van der Waals surface area (Å²) in [5.74, 6) is -0.768. The van der Waals surface area contributed by atoms with Gasteiger partial charge in [-0.15, -0.1) is 0 Å². The SMILES string of the molecule is CC(=O)CC(c1cccc(Cl)c1F)c1ccc2ccccc2c1C. The molecular weight excluding hydrogens is 323 g/mol. The molecule has 0 amide bonds. The number of hydrogen-bond donors (Lipinski definition) is 0. The van der Waals surface area contributed by atoms with E-state index < -0.39 is 5.82 Å². The summed E-state index contributed by atoms with van der Waals surface area (Å²) in [4.78, 5) is 11.8. The Morgan fingerprint density at radius 1 is 1.04 bits per heavy atom. The maximum atomic E-state index is 14.6. The Balaban J connectivity index is 2.22. The van der Waals surface area contributed by atoms with E-state index in [1.54, 1.807) is 12.1 Å². The molecule has 0 heterocycles. The van der Waals surface area contributed by atoms with Gasteiger partial charge >= 0.3 is 0 Å². The van der Waals surface area contributed by atoms with E-state index in [4.69, 9.17) is 11.6 Å². The third-order valence-electron chi connectivity index (χ3n) is 4.46. The van der Waals surface area contributed by atoms with E-state index in [0.29, 0.717) is 5.56 Å². The fourth-order valence-corrected chi connectivity index (χ4v) is 3.47. The zero-order valence-electron chi connectivity index (χ0n) is 13.6. The molecular formula is C21H18ClFO. The van der Waals surface area contributed by atoms with E-state index in [0.717, 1.165) is 21.9 Å². The molecule has 1 nitrogen and oxygen atoms in total. The van der Waals surface area contributed by atoms with Crippen LogP contribution in [0.3, 0.4) is 0 Å². The molecule has 1 unspecified atom stereocenters. The minimum atomic E-state index is -0.446. The number of Topliss-reactive ketones (excluding diaryl/α,β-unsaturated/α-hetero) is 1. The minimum absolute atomic E-state index is 0.0203. The van der Waals surface area contributed by atoms with Crippen LogP contribution in [-0.4, -0.2) is 5.78 Å². The van der Waals surface area contributed by atoms with Crippen LogP contribution < -0.4 is 0 Å². The first kappa shape index (κ1) is 16.7. The first-order valence-electron chi connectivity index (χ1n) is 7.90. The lowest BCUT2D eigenvalue weighted by Crippen LogP contribution is -2.10. The topological polar surface area (TPSA) is 17.1 Å². The van der Waals surface area contributed by atoms with Gasteiger partial charge in [0.15, 0.2) is 0 Å². The van der Waals surface area contributed by atoms with Crippen LogP contribution in [0.15, 0.2) is 54.6 Å². The molecule has 122 valence electrons. The van der Waals surface area contributed by atoms with Crippen LogP contribution in [-0.2, 0) is 4.79 Å². The van der Waals surface area contributed by atoms with Crippen molar-refractivity contribution >= 4 is 28.2 Å². The van der Waals surface area contributed by atoms with Crippen LogP contribution in [0.4, 0.5) is 4.39 Å². The maximum Gasteiger partial charge on any atom is 0.145 e. The molecule has 0 spiro atoms. The number of carbonyl (C=O) groups is 1. The Morgan fingerprint density at radius 3 is 2.54 bits per heavy atom. The minimum Gasteiger partial charge on any atom is -0.300 e. The van der Waals surface area contributed by atoms with Crippen LogP contribution in [0.2, 0.25) is 5.02 Å². The van der Waals surface area contributed by atoms with Gasteiger partial charge in [0.2, 0.25) is 0 Å². The van der Waals surface area contributed by atoms with Crippen LogP contribution in [0.25, 0.3) is 10.8 Å². The van der Waals surface area contributed by atoms with Crippen molar-refractivity contribution in [2.45, 2.75) is 26.2 Å². The van der Waals surface area contributed by atoms with Gasteiger partial charge in [-0.3, -0.25) is 4.79 Å². The summed E-state index contributed by atoms with van der Waals surface area (Å²) in [5, 5.41) is 2.33. The summed E-state index contributed by atoms with van der Waals surface area (Å²) in [6.45, 7) is 3.55. The van der Waals surface area contributed by atoms with Gasteiger partial charge < -0.3 is 0 Å². The van der Waals surface area contributed by atoms with Crippen LogP contribution in [0.5, 0.6) is 0 Å². The molecule has 0 radical (unpaired) electrons. The lowest BCUT2D eigenvalue weighted by atomic mass is 9.83. The van der Waals surface area contributed by atoms with Gasteiger partial charge in [0, 0.05) is 12.3 Å². The quantitative estimate of drug-likeness (QED) is 0.565. The summed E-state index contributed by atoms with van der Waals surface area (Å²) >= 11 is 5.96. The van der Waals surface area contributed by atoms with Gasteiger partial charge in [0.05, 0.1) is 5.02 Å². The molecule has 0 aliphatic carbocycles. The summed E-state index contributed by atoms with van der Waals surface area (Å²) < 4.78 is 14.6. The van der Waals surface area contributed by atoms with E-state index >= 15 is 0 Å². The molecule has 0 bridgehead atoms. The molecule has 3 aromatic carbocycles. The second kappa shape index (κ2) is 6.74. The normalized spacial score (nSPS) is 12.3. The van der Waals surface area contributed by atoms with Crippen LogP contribution in [0.1, 0.15) is 36.0 Å². The highest BCUT2D eigenvalue weighted by atomic mass is 35.5. The number of fused-ring (bicyclic) bond motifs is 1. The second-order valence-electron chi connectivity index (χ2n) is 6.10. The van der Waals surface area contributed by atoms with E-state index in [1.807, 2.05) is 43.3 Å². The Kier molecular flexibility index (Phi) is 4.68. The number of hydrogen-bond acceptors (Lipinski definition) is 1. The number of aryl methyl sites for hydroxylation is 1. The Labute approximate surface area is 146 Å². The predicted octanol–water partition coefficient (Wildman–Crippen LogP) is 6.05. The Bertz CT molecular complexity index is 917. The standard InChI is InChI=1S/C21H18ClFO/c1-13(24)12-19(18-8-5-9-20(22)21(18)23)17-11-10-15-6-3-4-7-16(15)14(17)2/h3-11,19H,12H2,1-2H3. The first-order valence-corrected chi connectivity index (χ1v) is 8.28. The van der Waals surface area contributed by atoms with Gasteiger partial charge in [-0.05, 0) is 47.4 Å². The lowest BCUT2D eigenvalue weighted by Gasteiger charge is -2.21. The highest BCUT2D eigenvalue weighted by molar-refractivity contribution is 6.30. The molecule has 0 saturated carbocycles. The lowest BCUT2D eigenvalue weighted by molar-refractivity contribution is -0.117. The van der Waals surface area contributed by atoms with Crippen molar-refractivity contribution in [2.24, 2.45) is 0 Å². The molecule has 0 aliphatic heterocycles. The molecule has 1 atom stereocenters. The molecule has 3 heteroatoms. The average Bonchev–Trinajstić information content (AvgIpc) is 2.56. The summed E-state index contributed by atoms with van der Waals surface area (Å²) in [6, 6.07) is 17.1.